The molecule has 4 rings (SSSR count). The van der Waals surface area contributed by atoms with Gasteiger partial charge in [0.15, 0.2) is 5.69 Å². The van der Waals surface area contributed by atoms with Gasteiger partial charge in [-0.1, -0.05) is 36.4 Å². The van der Waals surface area contributed by atoms with E-state index in [1.54, 1.807) is 12.1 Å². The molecule has 0 radical (unpaired) electrons. The van der Waals surface area contributed by atoms with E-state index in [0.29, 0.717) is 5.56 Å². The van der Waals surface area contributed by atoms with E-state index in [1.807, 2.05) is 30.3 Å². The van der Waals surface area contributed by atoms with Gasteiger partial charge in [0, 0.05) is 5.56 Å². The Hall–Kier alpha value is -4.34. The monoisotopic (exact) mass is 405 g/mol. The molecule has 10 heteroatoms. The molecule has 0 fully saturated rings. The van der Waals surface area contributed by atoms with Crippen LogP contribution in [0.1, 0.15) is 20.8 Å². The topological polar surface area (TPSA) is 139 Å². The van der Waals surface area contributed by atoms with Crippen LogP contribution in [0.4, 0.5) is 5.95 Å². The number of Topliss-reactive ketones (excluding diaryl/α,β-unsaturated/α-hetero) is 1. The fraction of sp³-hybridized carbons (Fsp3) is 0.100. The van der Waals surface area contributed by atoms with Crippen LogP contribution in [0.25, 0.3) is 27.8 Å². The fourth-order valence-electron chi connectivity index (χ4n) is 3.22. The zero-order valence-electron chi connectivity index (χ0n) is 15.9. The van der Waals surface area contributed by atoms with Crippen LogP contribution in [-0.2, 0) is 14.3 Å². The molecule has 0 spiro atoms. The minimum Gasteiger partial charge on any atom is -0.464 e. The third kappa shape index (κ3) is 2.91. The largest absolute Gasteiger partial charge is 0.464 e. The molecule has 0 bridgehead atoms. The molecular weight excluding hydrogens is 390 g/mol. The minimum absolute atomic E-state index is 0.0301. The Bertz CT molecular complexity index is 1340. The van der Waals surface area contributed by atoms with Crippen molar-refractivity contribution in [2.75, 3.05) is 20.0 Å². The van der Waals surface area contributed by atoms with Gasteiger partial charge in [0.1, 0.15) is 0 Å². The quantitative estimate of drug-likeness (QED) is 0.305. The summed E-state index contributed by atoms with van der Waals surface area (Å²) >= 11 is 0. The number of nitrogens with two attached hydrogens (primary N) is 1. The van der Waals surface area contributed by atoms with Gasteiger partial charge >= 0.3 is 11.9 Å². The fourth-order valence-corrected chi connectivity index (χ4v) is 3.22. The number of anilines is 1. The predicted octanol–water partition coefficient (Wildman–Crippen LogP) is 1.67. The van der Waals surface area contributed by atoms with Crippen LogP contribution in [-0.4, -0.2) is 51.5 Å². The molecule has 10 nitrogen and oxygen atoms in total. The van der Waals surface area contributed by atoms with Crippen molar-refractivity contribution in [2.45, 2.75) is 0 Å². The van der Waals surface area contributed by atoms with Crippen LogP contribution in [0.3, 0.4) is 0 Å². The van der Waals surface area contributed by atoms with Gasteiger partial charge < -0.3 is 15.2 Å². The second-order valence-corrected chi connectivity index (χ2v) is 6.25. The number of carbonyl (C=O) groups is 3. The summed E-state index contributed by atoms with van der Waals surface area (Å²) < 4.78 is 10.6. The number of benzene rings is 2. The van der Waals surface area contributed by atoms with Crippen LogP contribution in [0.2, 0.25) is 0 Å². The molecule has 0 saturated heterocycles. The summed E-state index contributed by atoms with van der Waals surface area (Å²) in [7, 11) is 2.20. The lowest BCUT2D eigenvalue weighted by Crippen LogP contribution is -2.24. The van der Waals surface area contributed by atoms with Crippen LogP contribution >= 0.6 is 0 Å². The number of hydrogen-bond donors (Lipinski definition) is 1. The average molecular weight is 405 g/mol. The number of carbonyl (C=O) groups excluding carboxylic acids is 3. The zero-order chi connectivity index (χ0) is 21.4. The number of aromatic nitrogens is 4. The Morgan fingerprint density at radius 3 is 2.40 bits per heavy atom. The number of ketones is 1. The smallest absolute Gasteiger partial charge is 0.379 e. The average Bonchev–Trinajstić information content (AvgIpc) is 3.16. The normalized spacial score (nSPS) is 10.9. The Morgan fingerprint density at radius 1 is 0.967 bits per heavy atom. The Balaban J connectivity index is 2.16. The second kappa shape index (κ2) is 7.24. The van der Waals surface area contributed by atoms with Gasteiger partial charge in [-0.15, -0.1) is 10.2 Å². The molecule has 2 aromatic carbocycles. The lowest BCUT2D eigenvalue weighted by molar-refractivity contribution is -0.135. The molecule has 2 N–H and O–H groups in total. The molecule has 0 saturated carbocycles. The number of hydrogen-bond acceptors (Lipinski definition) is 9. The van der Waals surface area contributed by atoms with E-state index < -0.39 is 23.4 Å². The third-order valence-electron chi connectivity index (χ3n) is 4.58. The van der Waals surface area contributed by atoms with Gasteiger partial charge in [-0.25, -0.2) is 19.0 Å². The van der Waals surface area contributed by atoms with Crippen LogP contribution in [0, 0.1) is 0 Å². The summed E-state index contributed by atoms with van der Waals surface area (Å²) in [5, 5.41) is 9.46. The molecule has 2 aromatic heterocycles. The first-order chi connectivity index (χ1) is 14.5. The van der Waals surface area contributed by atoms with Crippen LogP contribution in [0.15, 0.2) is 42.5 Å². The molecule has 0 atom stereocenters. The molecular formula is C20H15N5O5. The molecule has 30 heavy (non-hydrogen) atoms. The lowest BCUT2D eigenvalue weighted by atomic mass is 9.98. The Labute approximate surface area is 169 Å². The maximum atomic E-state index is 12.9. The number of methoxy groups -OCH3 is 2. The maximum absolute atomic E-state index is 12.9. The number of nitrogens with zero attached hydrogens (tertiary/aromatic N) is 4. The number of ether oxygens (including phenoxy) is 2. The van der Waals surface area contributed by atoms with E-state index in [2.05, 4.69) is 19.9 Å². The maximum Gasteiger partial charge on any atom is 0.379 e. The summed E-state index contributed by atoms with van der Waals surface area (Å²) in [4.78, 5) is 41.5. The lowest BCUT2D eigenvalue weighted by Gasteiger charge is -2.14. The highest BCUT2D eigenvalue weighted by Crippen LogP contribution is 2.31. The number of nitrogen functional groups attached to an aromatic ring is 1. The van der Waals surface area contributed by atoms with Gasteiger partial charge in [0.05, 0.1) is 25.5 Å². The van der Waals surface area contributed by atoms with Crippen molar-refractivity contribution in [3.05, 3.63) is 53.7 Å². The molecule has 0 aliphatic heterocycles. The van der Waals surface area contributed by atoms with Crippen molar-refractivity contribution >= 4 is 40.2 Å². The van der Waals surface area contributed by atoms with E-state index in [4.69, 9.17) is 10.5 Å². The highest BCUT2D eigenvalue weighted by Gasteiger charge is 2.32. The SMILES string of the molecule is COC(=O)C(=O)c1c(C(=O)OC)nc2nnc(N)n2c1-c1ccc2ccccc2c1. The van der Waals surface area contributed by atoms with Crippen molar-refractivity contribution in [2.24, 2.45) is 0 Å². The molecule has 0 aliphatic rings. The second-order valence-electron chi connectivity index (χ2n) is 6.25. The van der Waals surface area contributed by atoms with E-state index in [0.717, 1.165) is 25.0 Å². The van der Waals surface area contributed by atoms with Gasteiger partial charge in [0.25, 0.3) is 11.6 Å². The van der Waals surface area contributed by atoms with E-state index in [9.17, 15) is 14.4 Å². The zero-order valence-corrected chi connectivity index (χ0v) is 15.9. The van der Waals surface area contributed by atoms with Crippen molar-refractivity contribution in [3.8, 4) is 11.3 Å². The Morgan fingerprint density at radius 2 is 1.70 bits per heavy atom. The summed E-state index contributed by atoms with van der Waals surface area (Å²) in [5.74, 6) is -3.28. The molecule has 4 aromatic rings. The minimum atomic E-state index is -1.17. The Kier molecular flexibility index (Phi) is 4.59. The number of fused-ring (bicyclic) bond motifs is 2. The highest BCUT2D eigenvalue weighted by molar-refractivity contribution is 6.43. The first-order valence-electron chi connectivity index (χ1n) is 8.71. The summed E-state index contributed by atoms with van der Waals surface area (Å²) in [6, 6.07) is 12.9. The molecule has 0 aliphatic carbocycles. The molecule has 150 valence electrons. The molecule has 0 unspecified atom stereocenters. The van der Waals surface area contributed by atoms with Gasteiger partial charge in [0.2, 0.25) is 5.95 Å². The van der Waals surface area contributed by atoms with Crippen molar-refractivity contribution in [1.29, 1.82) is 0 Å². The molecule has 2 heterocycles. The number of rotatable bonds is 4. The standard InChI is InChI=1S/C20H15N5O5/c1-29-17(27)14-13(16(26)18(28)30-2)15(25-19(21)23-24-20(25)22-14)12-8-7-10-5-3-4-6-11(10)9-12/h3-9H,1-2H3,(H2,21,23). The summed E-state index contributed by atoms with van der Waals surface area (Å²) in [6.07, 6.45) is 0. The van der Waals surface area contributed by atoms with E-state index in [-0.39, 0.29) is 23.0 Å². The van der Waals surface area contributed by atoms with Gasteiger partial charge in [-0.2, -0.15) is 0 Å². The first kappa shape index (κ1) is 19.0. The number of esters is 2. The van der Waals surface area contributed by atoms with Gasteiger partial charge in [-0.05, 0) is 16.8 Å². The van der Waals surface area contributed by atoms with E-state index in [1.165, 1.54) is 4.40 Å². The third-order valence-corrected chi connectivity index (χ3v) is 4.58. The van der Waals surface area contributed by atoms with Gasteiger partial charge in [-0.3, -0.25) is 4.79 Å². The highest BCUT2D eigenvalue weighted by atomic mass is 16.5. The van der Waals surface area contributed by atoms with Crippen molar-refractivity contribution < 1.29 is 23.9 Å². The van der Waals surface area contributed by atoms with Crippen LogP contribution in [0.5, 0.6) is 0 Å². The predicted molar refractivity (Wildman–Crippen MR) is 106 cm³/mol. The summed E-state index contributed by atoms with van der Waals surface area (Å²) in [5.41, 5.74) is 5.88. The van der Waals surface area contributed by atoms with Crippen LogP contribution < -0.4 is 5.73 Å². The van der Waals surface area contributed by atoms with Crippen molar-refractivity contribution in [1.82, 2.24) is 19.6 Å². The van der Waals surface area contributed by atoms with E-state index >= 15 is 0 Å². The summed E-state index contributed by atoms with van der Waals surface area (Å²) in [6.45, 7) is 0. The van der Waals surface area contributed by atoms with Crippen molar-refractivity contribution in [3.63, 3.8) is 0 Å². The first-order valence-corrected chi connectivity index (χ1v) is 8.71. The molecule has 0 amide bonds.